The Kier molecular flexibility index (Phi) is 11.0. The smallest absolute Gasteiger partial charge is 0.405 e. The van der Waals surface area contributed by atoms with Crippen molar-refractivity contribution in [1.82, 2.24) is 10.6 Å². The molecule has 0 bridgehead atoms. The number of aliphatic carboxylic acids is 2. The van der Waals surface area contributed by atoms with Crippen LogP contribution >= 0.6 is 11.6 Å². The van der Waals surface area contributed by atoms with Crippen LogP contribution in [0.5, 0.6) is 0 Å². The highest BCUT2D eigenvalue weighted by atomic mass is 35.5. The number of carbonyl (C=O) groups is 3. The van der Waals surface area contributed by atoms with E-state index < -0.39 is 30.6 Å². The van der Waals surface area contributed by atoms with Gasteiger partial charge in [-0.1, -0.05) is 29.8 Å². The fourth-order valence-electron chi connectivity index (χ4n) is 3.40. The quantitative estimate of drug-likeness (QED) is 0.351. The first kappa shape index (κ1) is 28.9. The molecule has 0 saturated heterocycles. The number of hydrogen-bond acceptors (Lipinski definition) is 5. The van der Waals surface area contributed by atoms with Gasteiger partial charge in [0, 0.05) is 12.1 Å². The second kappa shape index (κ2) is 13.7. The molecule has 1 amide bonds. The van der Waals surface area contributed by atoms with E-state index in [1.165, 1.54) is 23.3 Å². The molecule has 0 aromatic heterocycles. The molecule has 2 aromatic rings. The number of alkyl halides is 3. The van der Waals surface area contributed by atoms with E-state index in [2.05, 4.69) is 16.7 Å². The first-order valence-electron chi connectivity index (χ1n) is 11.1. The van der Waals surface area contributed by atoms with Gasteiger partial charge in [-0.25, -0.2) is 0 Å². The zero-order valence-corrected chi connectivity index (χ0v) is 20.0. The van der Waals surface area contributed by atoms with Gasteiger partial charge in [-0.2, -0.15) is 13.2 Å². The summed E-state index contributed by atoms with van der Waals surface area (Å²) in [6, 6.07) is 10.4. The average molecular weight is 530 g/mol. The van der Waals surface area contributed by atoms with Crippen LogP contribution in [0.3, 0.4) is 0 Å². The summed E-state index contributed by atoms with van der Waals surface area (Å²) in [5.74, 6) is -2.90. The van der Waals surface area contributed by atoms with Crippen LogP contribution in [0.1, 0.15) is 39.9 Å². The Bertz CT molecular complexity index is 1050. The summed E-state index contributed by atoms with van der Waals surface area (Å²) in [6.45, 7) is 0.978. The Hall–Kier alpha value is -3.31. The maximum absolute atomic E-state index is 12.2. The van der Waals surface area contributed by atoms with Gasteiger partial charge in [0.2, 0.25) is 0 Å². The minimum Gasteiger partial charge on any atom is -0.481 e. The van der Waals surface area contributed by atoms with Crippen LogP contribution in [0.25, 0.3) is 0 Å². The van der Waals surface area contributed by atoms with Crippen molar-refractivity contribution in [1.29, 1.82) is 0 Å². The van der Waals surface area contributed by atoms with Crippen LogP contribution in [-0.4, -0.2) is 53.9 Å². The summed E-state index contributed by atoms with van der Waals surface area (Å²) in [5.41, 5.74) is 4.47. The molecule has 0 spiro atoms. The lowest BCUT2D eigenvalue weighted by atomic mass is 10.0. The molecule has 12 heteroatoms. The van der Waals surface area contributed by atoms with Gasteiger partial charge in [-0.15, -0.1) is 0 Å². The molecule has 8 nitrogen and oxygen atoms in total. The van der Waals surface area contributed by atoms with Crippen molar-refractivity contribution in [2.24, 2.45) is 0 Å². The lowest BCUT2D eigenvalue weighted by molar-refractivity contribution is -0.143. The second-order valence-electron chi connectivity index (χ2n) is 7.95. The van der Waals surface area contributed by atoms with Gasteiger partial charge >= 0.3 is 18.1 Å². The molecule has 196 valence electrons. The molecular weight excluding hydrogens is 503 g/mol. The molecule has 0 saturated carbocycles. The molecular formula is C24H27ClF3N3O5. The van der Waals surface area contributed by atoms with Crippen molar-refractivity contribution in [2.45, 2.75) is 38.4 Å². The SMILES string of the molecule is O=C(NCC(F)(F)F)c1ccc(CNc2c(Cl)ccc3c2CCNCC3)cc1.O=C(O)CCC(=O)O. The van der Waals surface area contributed by atoms with Crippen LogP contribution < -0.4 is 16.0 Å². The van der Waals surface area contributed by atoms with Gasteiger partial charge in [0.1, 0.15) is 6.54 Å². The Morgan fingerprint density at radius 1 is 0.944 bits per heavy atom. The van der Waals surface area contributed by atoms with E-state index in [0.29, 0.717) is 11.6 Å². The number of carboxylic acids is 2. The van der Waals surface area contributed by atoms with E-state index in [-0.39, 0.29) is 18.4 Å². The third kappa shape index (κ3) is 10.1. The number of carboxylic acid groups (broad SMARTS) is 2. The summed E-state index contributed by atoms with van der Waals surface area (Å²) in [7, 11) is 0. The first-order valence-corrected chi connectivity index (χ1v) is 11.5. The molecule has 0 unspecified atom stereocenters. The first-order chi connectivity index (χ1) is 17.0. The molecule has 0 fully saturated rings. The number of hydrogen-bond donors (Lipinski definition) is 5. The highest BCUT2D eigenvalue weighted by Crippen LogP contribution is 2.31. The number of carbonyl (C=O) groups excluding carboxylic acids is 1. The summed E-state index contributed by atoms with van der Waals surface area (Å²) in [6.07, 6.45) is -3.19. The molecule has 0 aliphatic carbocycles. The summed E-state index contributed by atoms with van der Waals surface area (Å²) in [4.78, 5) is 31.1. The monoisotopic (exact) mass is 529 g/mol. The van der Waals surface area contributed by atoms with E-state index in [9.17, 15) is 27.6 Å². The zero-order chi connectivity index (χ0) is 26.7. The maximum atomic E-state index is 12.2. The Balaban J connectivity index is 0.000000493. The average Bonchev–Trinajstić information content (AvgIpc) is 3.06. The highest BCUT2D eigenvalue weighted by molar-refractivity contribution is 6.33. The summed E-state index contributed by atoms with van der Waals surface area (Å²) < 4.78 is 36.6. The lowest BCUT2D eigenvalue weighted by Crippen LogP contribution is -2.33. The number of benzene rings is 2. The number of amides is 1. The van der Waals surface area contributed by atoms with Crippen molar-refractivity contribution in [3.8, 4) is 0 Å². The van der Waals surface area contributed by atoms with E-state index in [0.717, 1.165) is 37.2 Å². The normalized spacial score (nSPS) is 12.9. The number of anilines is 1. The number of halogens is 4. The number of fused-ring (bicyclic) bond motifs is 1. The van der Waals surface area contributed by atoms with E-state index in [1.54, 1.807) is 12.1 Å². The third-order valence-corrected chi connectivity index (χ3v) is 5.48. The van der Waals surface area contributed by atoms with Crippen molar-refractivity contribution < 1.29 is 37.8 Å². The van der Waals surface area contributed by atoms with Crippen LogP contribution in [0.4, 0.5) is 18.9 Å². The minimum absolute atomic E-state index is 0.186. The highest BCUT2D eigenvalue weighted by Gasteiger charge is 2.27. The standard InChI is InChI=1S/C20H21ClF3N3O.C4H6O4/c21-17-6-5-14-7-9-25-10-8-16(14)18(17)26-11-13-1-3-15(4-2-13)19(28)27-12-20(22,23)24;5-3(6)1-2-4(7)8/h1-6,25-26H,7-12H2,(H,27,28);1-2H2,(H,5,6)(H,7,8). The molecule has 2 aromatic carbocycles. The van der Waals surface area contributed by atoms with E-state index in [1.807, 2.05) is 11.4 Å². The lowest BCUT2D eigenvalue weighted by Gasteiger charge is -2.16. The molecule has 0 atom stereocenters. The number of nitrogens with one attached hydrogen (secondary N) is 3. The van der Waals surface area contributed by atoms with Crippen molar-refractivity contribution in [3.63, 3.8) is 0 Å². The molecule has 0 radical (unpaired) electrons. The zero-order valence-electron chi connectivity index (χ0n) is 19.3. The van der Waals surface area contributed by atoms with Gasteiger partial charge in [0.05, 0.1) is 23.6 Å². The van der Waals surface area contributed by atoms with Crippen molar-refractivity contribution in [2.75, 3.05) is 25.0 Å². The largest absolute Gasteiger partial charge is 0.481 e. The molecule has 1 aliphatic heterocycles. The van der Waals surface area contributed by atoms with Gasteiger partial charge in [-0.05, 0) is 60.8 Å². The Morgan fingerprint density at radius 2 is 1.56 bits per heavy atom. The van der Waals surface area contributed by atoms with Crippen molar-refractivity contribution in [3.05, 3.63) is 63.7 Å². The topological polar surface area (TPSA) is 128 Å². The fourth-order valence-corrected chi connectivity index (χ4v) is 3.64. The predicted molar refractivity (Wildman–Crippen MR) is 128 cm³/mol. The molecule has 1 heterocycles. The van der Waals surface area contributed by atoms with Crippen LogP contribution in [-0.2, 0) is 29.0 Å². The van der Waals surface area contributed by atoms with Gasteiger partial charge < -0.3 is 26.2 Å². The van der Waals surface area contributed by atoms with Crippen LogP contribution in [0.15, 0.2) is 36.4 Å². The molecule has 36 heavy (non-hydrogen) atoms. The van der Waals surface area contributed by atoms with Crippen LogP contribution in [0.2, 0.25) is 5.02 Å². The van der Waals surface area contributed by atoms with Gasteiger partial charge in [-0.3, -0.25) is 14.4 Å². The van der Waals surface area contributed by atoms with Crippen LogP contribution in [0, 0.1) is 0 Å². The van der Waals surface area contributed by atoms with E-state index >= 15 is 0 Å². The van der Waals surface area contributed by atoms with Gasteiger partial charge in [0.15, 0.2) is 0 Å². The molecule has 3 rings (SSSR count). The molecule has 5 N–H and O–H groups in total. The molecule has 1 aliphatic rings. The summed E-state index contributed by atoms with van der Waals surface area (Å²) in [5, 5.41) is 25.1. The van der Waals surface area contributed by atoms with Crippen molar-refractivity contribution >= 4 is 35.1 Å². The minimum atomic E-state index is -4.43. The number of rotatable bonds is 8. The maximum Gasteiger partial charge on any atom is 0.405 e. The van der Waals surface area contributed by atoms with E-state index in [4.69, 9.17) is 21.8 Å². The third-order valence-electron chi connectivity index (χ3n) is 5.17. The Labute approximate surface area is 210 Å². The summed E-state index contributed by atoms with van der Waals surface area (Å²) >= 11 is 6.39. The predicted octanol–water partition coefficient (Wildman–Crippen LogP) is 3.87. The van der Waals surface area contributed by atoms with Gasteiger partial charge in [0.25, 0.3) is 5.91 Å². The fraction of sp³-hybridized carbons (Fsp3) is 0.375. The Morgan fingerprint density at radius 3 is 2.14 bits per heavy atom. The second-order valence-corrected chi connectivity index (χ2v) is 8.35.